The summed E-state index contributed by atoms with van der Waals surface area (Å²) in [7, 11) is 0. The molecular formula is C28H31NO3. The highest BCUT2D eigenvalue weighted by molar-refractivity contribution is 5.16. The van der Waals surface area contributed by atoms with E-state index < -0.39 is 0 Å². The Hall–Kier alpha value is -2.76. The number of ether oxygens (including phenoxy) is 3. The SMILES string of the molecule is C=C[C@H]1NC[C@@H](OCc2ccccc2)[C@H](OCc2ccccc2)[C@H]1OCc1ccccc1. The minimum atomic E-state index is -0.230. The third-order valence-electron chi connectivity index (χ3n) is 5.73. The van der Waals surface area contributed by atoms with Crippen LogP contribution in [-0.2, 0) is 34.0 Å². The lowest BCUT2D eigenvalue weighted by atomic mass is 9.95. The Morgan fingerprint density at radius 3 is 1.56 bits per heavy atom. The lowest BCUT2D eigenvalue weighted by molar-refractivity contribution is -0.170. The summed E-state index contributed by atoms with van der Waals surface area (Å²) in [4.78, 5) is 0. The van der Waals surface area contributed by atoms with Gasteiger partial charge in [-0.2, -0.15) is 0 Å². The largest absolute Gasteiger partial charge is 0.369 e. The van der Waals surface area contributed by atoms with Gasteiger partial charge in [-0.25, -0.2) is 0 Å². The van der Waals surface area contributed by atoms with E-state index in [0.717, 1.165) is 16.7 Å². The van der Waals surface area contributed by atoms with Gasteiger partial charge in [0.1, 0.15) is 12.2 Å². The predicted octanol–water partition coefficient (Wildman–Crippen LogP) is 4.90. The molecule has 4 rings (SSSR count). The van der Waals surface area contributed by atoms with Crippen LogP contribution in [0, 0.1) is 0 Å². The second-order valence-electron chi connectivity index (χ2n) is 8.03. The van der Waals surface area contributed by atoms with Gasteiger partial charge in [0.2, 0.25) is 0 Å². The first-order chi connectivity index (χ1) is 15.8. The predicted molar refractivity (Wildman–Crippen MR) is 127 cm³/mol. The fourth-order valence-electron chi connectivity index (χ4n) is 3.98. The fourth-order valence-corrected chi connectivity index (χ4v) is 3.98. The molecule has 0 saturated carbocycles. The molecule has 0 aromatic heterocycles. The van der Waals surface area contributed by atoms with Crippen LogP contribution < -0.4 is 5.32 Å². The number of hydrogen-bond acceptors (Lipinski definition) is 4. The van der Waals surface area contributed by atoms with Crippen molar-refractivity contribution in [2.75, 3.05) is 6.54 Å². The lowest BCUT2D eigenvalue weighted by Crippen LogP contribution is -2.61. The van der Waals surface area contributed by atoms with Crippen molar-refractivity contribution in [2.24, 2.45) is 0 Å². The van der Waals surface area contributed by atoms with Crippen LogP contribution in [0.3, 0.4) is 0 Å². The van der Waals surface area contributed by atoms with Crippen molar-refractivity contribution in [3.05, 3.63) is 120 Å². The van der Waals surface area contributed by atoms with Gasteiger partial charge in [0.15, 0.2) is 0 Å². The van der Waals surface area contributed by atoms with Crippen LogP contribution >= 0.6 is 0 Å². The van der Waals surface area contributed by atoms with Crippen molar-refractivity contribution in [3.8, 4) is 0 Å². The number of hydrogen-bond donors (Lipinski definition) is 1. The summed E-state index contributed by atoms with van der Waals surface area (Å²) in [6.45, 7) is 6.24. The Labute approximate surface area is 190 Å². The molecule has 1 aliphatic rings. The fraction of sp³-hybridized carbons (Fsp3) is 0.286. The Kier molecular flexibility index (Phi) is 8.23. The third-order valence-corrected chi connectivity index (χ3v) is 5.73. The average Bonchev–Trinajstić information content (AvgIpc) is 2.87. The number of nitrogens with one attached hydrogen (secondary N) is 1. The highest BCUT2D eigenvalue weighted by Gasteiger charge is 2.40. The molecule has 1 saturated heterocycles. The van der Waals surface area contributed by atoms with Gasteiger partial charge < -0.3 is 19.5 Å². The van der Waals surface area contributed by atoms with Crippen LogP contribution in [0.1, 0.15) is 16.7 Å². The molecule has 1 fully saturated rings. The summed E-state index contributed by atoms with van der Waals surface area (Å²) in [6, 6.07) is 30.6. The van der Waals surface area contributed by atoms with E-state index in [-0.39, 0.29) is 24.4 Å². The molecule has 0 radical (unpaired) electrons. The summed E-state index contributed by atoms with van der Waals surface area (Å²) >= 11 is 0. The van der Waals surface area contributed by atoms with Gasteiger partial charge >= 0.3 is 0 Å². The quantitative estimate of drug-likeness (QED) is 0.465. The Balaban J connectivity index is 1.49. The van der Waals surface area contributed by atoms with Crippen molar-refractivity contribution in [1.29, 1.82) is 0 Å². The molecule has 32 heavy (non-hydrogen) atoms. The van der Waals surface area contributed by atoms with Gasteiger partial charge in [0.25, 0.3) is 0 Å². The number of benzene rings is 3. The van der Waals surface area contributed by atoms with Crippen molar-refractivity contribution < 1.29 is 14.2 Å². The molecule has 4 nitrogen and oxygen atoms in total. The molecule has 4 heteroatoms. The first-order valence-corrected chi connectivity index (χ1v) is 11.2. The summed E-state index contributed by atoms with van der Waals surface area (Å²) in [5, 5.41) is 3.52. The standard InChI is InChI=1S/C28H31NO3/c1-2-25-27(31-20-23-14-8-4-9-15-23)28(32-21-24-16-10-5-11-17-24)26(18-29-25)30-19-22-12-6-3-7-13-22/h2-17,25-29H,1,18-21H2/t25-,26-,27+,28+/m1/s1. The highest BCUT2D eigenvalue weighted by atomic mass is 16.6. The topological polar surface area (TPSA) is 39.7 Å². The molecule has 3 aromatic rings. The van der Waals surface area contributed by atoms with Crippen molar-refractivity contribution in [1.82, 2.24) is 5.32 Å². The monoisotopic (exact) mass is 429 g/mol. The molecule has 0 aliphatic carbocycles. The van der Waals surface area contributed by atoms with Crippen LogP contribution in [0.15, 0.2) is 104 Å². The van der Waals surface area contributed by atoms with E-state index in [9.17, 15) is 0 Å². The van der Waals surface area contributed by atoms with Crippen molar-refractivity contribution in [2.45, 2.75) is 44.2 Å². The van der Waals surface area contributed by atoms with E-state index >= 15 is 0 Å². The van der Waals surface area contributed by atoms with E-state index in [1.807, 2.05) is 60.7 Å². The van der Waals surface area contributed by atoms with Crippen molar-refractivity contribution >= 4 is 0 Å². The Morgan fingerprint density at radius 1 is 0.656 bits per heavy atom. The summed E-state index contributed by atoms with van der Waals surface area (Å²) in [5.41, 5.74) is 3.40. The van der Waals surface area contributed by atoms with Crippen LogP contribution in [-0.4, -0.2) is 30.9 Å². The lowest BCUT2D eigenvalue weighted by Gasteiger charge is -2.42. The zero-order valence-electron chi connectivity index (χ0n) is 18.3. The molecule has 0 bridgehead atoms. The van der Waals surface area contributed by atoms with E-state index in [2.05, 4.69) is 48.3 Å². The van der Waals surface area contributed by atoms with Gasteiger partial charge in [-0.15, -0.1) is 6.58 Å². The second-order valence-corrected chi connectivity index (χ2v) is 8.03. The smallest absolute Gasteiger partial charge is 0.113 e. The van der Waals surface area contributed by atoms with Gasteiger partial charge in [0.05, 0.1) is 32.0 Å². The molecule has 3 aromatic carbocycles. The zero-order chi connectivity index (χ0) is 22.0. The first-order valence-electron chi connectivity index (χ1n) is 11.2. The molecule has 0 spiro atoms. The van der Waals surface area contributed by atoms with Crippen LogP contribution in [0.4, 0.5) is 0 Å². The molecule has 1 aliphatic heterocycles. The van der Waals surface area contributed by atoms with Crippen molar-refractivity contribution in [3.63, 3.8) is 0 Å². The minimum Gasteiger partial charge on any atom is -0.369 e. The molecule has 1 N–H and O–H groups in total. The van der Waals surface area contributed by atoms with Crippen LogP contribution in [0.2, 0.25) is 0 Å². The number of rotatable bonds is 10. The van der Waals surface area contributed by atoms with Crippen LogP contribution in [0.5, 0.6) is 0 Å². The van der Waals surface area contributed by atoms with Gasteiger partial charge in [-0.1, -0.05) is 97.1 Å². The van der Waals surface area contributed by atoms with Gasteiger partial charge in [0, 0.05) is 6.54 Å². The average molecular weight is 430 g/mol. The zero-order valence-corrected chi connectivity index (χ0v) is 18.3. The van der Waals surface area contributed by atoms with Crippen LogP contribution in [0.25, 0.3) is 0 Å². The van der Waals surface area contributed by atoms with E-state index in [0.29, 0.717) is 26.4 Å². The molecule has 0 unspecified atom stereocenters. The summed E-state index contributed by atoms with van der Waals surface area (Å²) < 4.78 is 19.2. The molecular weight excluding hydrogens is 398 g/mol. The maximum atomic E-state index is 6.47. The van der Waals surface area contributed by atoms with Gasteiger partial charge in [-0.3, -0.25) is 0 Å². The van der Waals surface area contributed by atoms with E-state index in [1.54, 1.807) is 0 Å². The van der Waals surface area contributed by atoms with E-state index in [1.165, 1.54) is 0 Å². The molecule has 166 valence electrons. The first kappa shape index (κ1) is 22.4. The molecule has 4 atom stereocenters. The van der Waals surface area contributed by atoms with Gasteiger partial charge in [-0.05, 0) is 16.7 Å². The Morgan fingerprint density at radius 2 is 1.09 bits per heavy atom. The maximum absolute atomic E-state index is 6.47. The number of piperidine rings is 1. The Bertz CT molecular complexity index is 933. The second kappa shape index (κ2) is 11.7. The highest BCUT2D eigenvalue weighted by Crippen LogP contribution is 2.24. The third kappa shape index (κ3) is 6.15. The van der Waals surface area contributed by atoms with E-state index in [4.69, 9.17) is 14.2 Å². The molecule has 0 amide bonds. The maximum Gasteiger partial charge on any atom is 0.113 e. The summed E-state index contributed by atoms with van der Waals surface area (Å²) in [6.07, 6.45) is 1.32. The normalized spacial score (nSPS) is 23.0. The summed E-state index contributed by atoms with van der Waals surface area (Å²) in [5.74, 6) is 0. The minimum absolute atomic E-state index is 0.0175. The molecule has 1 heterocycles.